The molecule has 1 fully saturated rings. The minimum Gasteiger partial charge on any atom is -0.438 e. The molecular weight excluding hydrogens is 757 g/mol. The van der Waals surface area contributed by atoms with Gasteiger partial charge >= 0.3 is 24.5 Å². The van der Waals surface area contributed by atoms with Crippen molar-refractivity contribution in [2.24, 2.45) is 0 Å². The van der Waals surface area contributed by atoms with E-state index in [1.54, 1.807) is 30.6 Å². The number of nitrogens with zero attached hydrogens (tertiary/aromatic N) is 5. The average molecular weight is 785 g/mol. The van der Waals surface area contributed by atoms with Crippen molar-refractivity contribution in [3.63, 3.8) is 0 Å². The maximum atomic E-state index is 13.8. The normalized spacial score (nSPS) is 19.6. The molecule has 1 aliphatic carbocycles. The number of anilines is 3. The largest absolute Gasteiger partial charge is 0.445 e. The van der Waals surface area contributed by atoms with Crippen molar-refractivity contribution in [3.05, 3.63) is 131 Å². The van der Waals surface area contributed by atoms with Crippen molar-refractivity contribution in [2.75, 3.05) is 16.0 Å². The van der Waals surface area contributed by atoms with Crippen LogP contribution in [0.15, 0.2) is 97.6 Å². The zero-order valence-electron chi connectivity index (χ0n) is 28.8. The maximum absolute atomic E-state index is 13.8. The lowest BCUT2D eigenvalue weighted by molar-refractivity contribution is -0.239. The molecule has 56 heavy (non-hydrogen) atoms. The van der Waals surface area contributed by atoms with Crippen LogP contribution in [0, 0.1) is 11.8 Å². The van der Waals surface area contributed by atoms with Gasteiger partial charge in [0.05, 0.1) is 16.8 Å². The standard InChI is InChI=1S/C15H7ClF3N3O2.C12H9N3O2.C11H12N2O2/c16-9-7-11-12(21-8-9)22-13(23)24-14(11,15(17,18)19)5-4-10-3-1-2-6-20-10;16-12-14-11-9(6-7-13-15-11)10(17-12)8-4-2-1-3-5-8;14-10-13-9-8(4-3-7-12-9)11(15-10)5-1-2-6-11/h1-3,6-8H,(H,21,22,23);1-7,10H,(H,14,15,16);3-4,7H,1-2,5-6H2,(H,12,13,14). The van der Waals surface area contributed by atoms with Crippen LogP contribution in [0.2, 0.25) is 5.02 Å². The highest BCUT2D eigenvalue weighted by molar-refractivity contribution is 6.30. The Balaban J connectivity index is 0.000000133. The van der Waals surface area contributed by atoms with E-state index in [0.717, 1.165) is 54.6 Å². The lowest BCUT2D eigenvalue weighted by Crippen LogP contribution is -2.49. The third-order valence-electron chi connectivity index (χ3n) is 8.93. The molecule has 5 aromatic rings. The number of alkyl halides is 3. The minimum atomic E-state index is -5.02. The fourth-order valence-electron chi connectivity index (χ4n) is 6.45. The first-order chi connectivity index (χ1) is 27.0. The quantitative estimate of drug-likeness (QED) is 0.111. The molecule has 7 heterocycles. The summed E-state index contributed by atoms with van der Waals surface area (Å²) in [5, 5.41) is 14.8. The number of halogens is 4. The zero-order chi connectivity index (χ0) is 39.3. The summed E-state index contributed by atoms with van der Waals surface area (Å²) in [6, 6.07) is 20.8. The molecule has 3 amide bonds. The van der Waals surface area contributed by atoms with Crippen molar-refractivity contribution in [2.45, 2.75) is 49.2 Å². The van der Waals surface area contributed by atoms with E-state index in [-0.39, 0.29) is 22.6 Å². The fraction of sp³-hybridized carbons (Fsp3) is 0.211. The van der Waals surface area contributed by atoms with Crippen LogP contribution < -0.4 is 16.0 Å². The van der Waals surface area contributed by atoms with E-state index in [0.29, 0.717) is 11.6 Å². The molecule has 0 saturated heterocycles. The highest BCUT2D eigenvalue weighted by Gasteiger charge is 2.62. The number of cyclic esters (lactones) is 2. The smallest absolute Gasteiger partial charge is 0.438 e. The van der Waals surface area contributed by atoms with Crippen LogP contribution in [-0.2, 0) is 25.4 Å². The van der Waals surface area contributed by atoms with Crippen LogP contribution in [0.3, 0.4) is 0 Å². The Hall–Kier alpha value is -6.80. The van der Waals surface area contributed by atoms with Gasteiger partial charge in [0, 0.05) is 29.7 Å². The van der Waals surface area contributed by atoms with Crippen LogP contribution in [0.5, 0.6) is 0 Å². The summed E-state index contributed by atoms with van der Waals surface area (Å²) in [5.74, 6) is 5.07. The van der Waals surface area contributed by atoms with Gasteiger partial charge in [0.2, 0.25) is 0 Å². The number of carbonyl (C=O) groups excluding carboxylic acids is 3. The number of hydrogen-bond donors (Lipinski definition) is 3. The number of amides is 3. The first-order valence-electron chi connectivity index (χ1n) is 16.9. The molecule has 2 unspecified atom stereocenters. The van der Waals surface area contributed by atoms with E-state index in [1.807, 2.05) is 48.4 Å². The Bertz CT molecular complexity index is 2340. The highest BCUT2D eigenvalue weighted by atomic mass is 35.5. The van der Waals surface area contributed by atoms with Crippen LogP contribution in [0.1, 0.15) is 59.7 Å². The predicted molar refractivity (Wildman–Crippen MR) is 193 cm³/mol. The van der Waals surface area contributed by atoms with Crippen molar-refractivity contribution in [1.29, 1.82) is 0 Å². The predicted octanol–water partition coefficient (Wildman–Crippen LogP) is 8.04. The van der Waals surface area contributed by atoms with Crippen molar-refractivity contribution in [3.8, 4) is 11.8 Å². The van der Waals surface area contributed by atoms with Crippen LogP contribution in [0.4, 0.5) is 45.0 Å². The summed E-state index contributed by atoms with van der Waals surface area (Å²) in [7, 11) is 0. The highest BCUT2D eigenvalue weighted by Crippen LogP contribution is 2.48. The first kappa shape index (κ1) is 37.5. The van der Waals surface area contributed by atoms with Crippen molar-refractivity contribution >= 4 is 47.3 Å². The molecule has 9 rings (SSSR count). The second-order valence-electron chi connectivity index (χ2n) is 12.5. The number of nitrogens with one attached hydrogen (secondary N) is 3. The lowest BCUT2D eigenvalue weighted by Gasteiger charge is -2.35. The van der Waals surface area contributed by atoms with E-state index in [2.05, 4.69) is 51.8 Å². The molecule has 4 aliphatic rings. The fourth-order valence-corrected chi connectivity index (χ4v) is 6.61. The van der Waals surface area contributed by atoms with Gasteiger partial charge in [0.25, 0.3) is 5.60 Å². The molecule has 4 aromatic heterocycles. The molecule has 0 radical (unpaired) electrons. The number of carbonyl (C=O) groups is 3. The van der Waals surface area contributed by atoms with Gasteiger partial charge < -0.3 is 14.2 Å². The van der Waals surface area contributed by atoms with Gasteiger partial charge in [0.15, 0.2) is 11.9 Å². The topological polar surface area (TPSA) is 179 Å². The summed E-state index contributed by atoms with van der Waals surface area (Å²) in [6.07, 6.45) is 2.18. The molecule has 1 saturated carbocycles. The van der Waals surface area contributed by atoms with E-state index in [4.69, 9.17) is 21.1 Å². The SMILES string of the molecule is O=C1Nc2ncc(Cl)cc2C(C#Cc2ccccn2)(C(F)(F)F)O1.O=C1Nc2ncccc2C2(CCCC2)O1.O=C1Nc2nnccc2C(c2ccccc2)O1. The second kappa shape index (κ2) is 15.5. The number of benzene rings is 1. The summed E-state index contributed by atoms with van der Waals surface area (Å²) in [6.45, 7) is 0. The Labute approximate surface area is 321 Å². The molecule has 3 N–H and O–H groups in total. The Morgan fingerprint density at radius 2 is 1.45 bits per heavy atom. The van der Waals surface area contributed by atoms with E-state index >= 15 is 0 Å². The number of fused-ring (bicyclic) bond motifs is 4. The number of hydrogen-bond acceptors (Lipinski definition) is 11. The molecule has 1 spiro atoms. The van der Waals surface area contributed by atoms with Crippen LogP contribution in [0.25, 0.3) is 0 Å². The number of aromatic nitrogens is 5. The van der Waals surface area contributed by atoms with Gasteiger partial charge in [-0.3, -0.25) is 16.0 Å². The van der Waals surface area contributed by atoms with Gasteiger partial charge in [-0.1, -0.05) is 48.0 Å². The molecule has 0 bridgehead atoms. The number of ether oxygens (including phenoxy) is 3. The second-order valence-corrected chi connectivity index (χ2v) is 12.9. The summed E-state index contributed by atoms with van der Waals surface area (Å²) < 4.78 is 56.7. The van der Waals surface area contributed by atoms with Crippen molar-refractivity contribution in [1.82, 2.24) is 25.1 Å². The minimum absolute atomic E-state index is 0.0539. The van der Waals surface area contributed by atoms with Crippen molar-refractivity contribution < 1.29 is 41.8 Å². The van der Waals surface area contributed by atoms with Crippen LogP contribution >= 0.6 is 11.6 Å². The van der Waals surface area contributed by atoms with E-state index in [9.17, 15) is 27.6 Å². The average Bonchev–Trinajstić information content (AvgIpc) is 3.66. The first-order valence-corrected chi connectivity index (χ1v) is 17.3. The molecule has 2 atom stereocenters. The molecule has 3 aliphatic heterocycles. The summed E-state index contributed by atoms with van der Waals surface area (Å²) in [5.41, 5.74) is -1.24. The van der Waals surface area contributed by atoms with E-state index < -0.39 is 41.2 Å². The van der Waals surface area contributed by atoms with Crippen LogP contribution in [-0.4, -0.2) is 49.6 Å². The Morgan fingerprint density at radius 1 is 0.750 bits per heavy atom. The third-order valence-corrected chi connectivity index (χ3v) is 9.14. The van der Waals surface area contributed by atoms with Gasteiger partial charge in [-0.2, -0.15) is 18.3 Å². The van der Waals surface area contributed by atoms with Gasteiger partial charge in [-0.25, -0.2) is 29.3 Å². The lowest BCUT2D eigenvalue weighted by atomic mass is 9.91. The number of pyridine rings is 3. The molecule has 14 nitrogen and oxygen atoms in total. The summed E-state index contributed by atoms with van der Waals surface area (Å²) >= 11 is 5.75. The summed E-state index contributed by atoms with van der Waals surface area (Å²) in [4.78, 5) is 46.1. The molecular formula is C38H28ClF3N8O6. The Kier molecular flexibility index (Phi) is 10.4. The third kappa shape index (κ3) is 7.72. The molecule has 284 valence electrons. The zero-order valence-corrected chi connectivity index (χ0v) is 29.6. The molecule has 18 heteroatoms. The number of rotatable bonds is 1. The van der Waals surface area contributed by atoms with Gasteiger partial charge in [-0.05, 0) is 79.5 Å². The van der Waals surface area contributed by atoms with Gasteiger partial charge in [-0.15, -0.1) is 5.10 Å². The monoisotopic (exact) mass is 784 g/mol. The molecule has 1 aromatic carbocycles. The Morgan fingerprint density at radius 3 is 2.18 bits per heavy atom. The van der Waals surface area contributed by atoms with Gasteiger partial charge in [0.1, 0.15) is 22.9 Å². The maximum Gasteiger partial charge on any atom is 0.445 e. The van der Waals surface area contributed by atoms with E-state index in [1.165, 1.54) is 12.3 Å².